The lowest BCUT2D eigenvalue weighted by molar-refractivity contribution is -0.134. The number of hydrogen-bond donors (Lipinski definition) is 2. The number of amides is 2. The molecule has 2 atom stereocenters. The number of likely N-dealkylation sites (tertiary alicyclic amines) is 1. The highest BCUT2D eigenvalue weighted by atomic mass is 16.2. The lowest BCUT2D eigenvalue weighted by Gasteiger charge is -2.33. The van der Waals surface area contributed by atoms with Crippen molar-refractivity contribution in [3.63, 3.8) is 0 Å². The maximum Gasteiger partial charge on any atom is 0.245 e. The maximum atomic E-state index is 13.4. The lowest BCUT2D eigenvalue weighted by atomic mass is 9.74. The van der Waals surface area contributed by atoms with Gasteiger partial charge in [-0.05, 0) is 25.0 Å². The molecule has 1 aromatic carbocycles. The third-order valence-corrected chi connectivity index (χ3v) is 6.23. The molecule has 9 nitrogen and oxygen atoms in total. The summed E-state index contributed by atoms with van der Waals surface area (Å²) in [6.45, 7) is 2.29. The van der Waals surface area contributed by atoms with E-state index in [0.29, 0.717) is 24.6 Å². The minimum atomic E-state index is -0.878. The van der Waals surface area contributed by atoms with E-state index < -0.39 is 11.5 Å². The Kier molecular flexibility index (Phi) is 3.96. The average Bonchev–Trinajstić information content (AvgIpc) is 3.44. The van der Waals surface area contributed by atoms with Crippen LogP contribution < -0.4 is 11.1 Å². The number of aryl methyl sites for hydroxylation is 2. The quantitative estimate of drug-likeness (QED) is 0.684. The van der Waals surface area contributed by atoms with E-state index in [1.54, 1.807) is 17.2 Å². The number of rotatable bonds is 3. The predicted octanol–water partition coefficient (Wildman–Crippen LogP) is 1.37. The van der Waals surface area contributed by atoms with Gasteiger partial charge in [-0.25, -0.2) is 9.67 Å². The van der Waals surface area contributed by atoms with E-state index in [1.807, 2.05) is 49.0 Å². The van der Waals surface area contributed by atoms with Crippen molar-refractivity contribution in [2.45, 2.75) is 31.3 Å². The Labute approximate surface area is 173 Å². The van der Waals surface area contributed by atoms with Crippen LogP contribution >= 0.6 is 0 Å². The number of nitrogens with two attached hydrogens (primary N) is 1. The normalized spacial score (nSPS) is 22.5. The van der Waals surface area contributed by atoms with Gasteiger partial charge in [0.15, 0.2) is 0 Å². The van der Waals surface area contributed by atoms with Gasteiger partial charge in [0.05, 0.1) is 5.69 Å². The van der Waals surface area contributed by atoms with Gasteiger partial charge in [-0.15, -0.1) is 0 Å². The summed E-state index contributed by atoms with van der Waals surface area (Å²) in [7, 11) is 1.88. The molecule has 2 aromatic heterocycles. The summed E-state index contributed by atoms with van der Waals surface area (Å²) in [4.78, 5) is 33.0. The molecule has 2 amide bonds. The number of nitrogen functional groups attached to an aromatic ring is 1. The molecular formula is C21H23N7O2. The summed E-state index contributed by atoms with van der Waals surface area (Å²) < 4.78 is 3.37. The number of fused-ring (bicyclic) bond motifs is 2. The molecule has 0 radical (unpaired) electrons. The monoisotopic (exact) mass is 405 g/mol. The summed E-state index contributed by atoms with van der Waals surface area (Å²) in [5, 5.41) is 7.32. The zero-order chi connectivity index (χ0) is 21.0. The van der Waals surface area contributed by atoms with Gasteiger partial charge in [-0.2, -0.15) is 5.10 Å². The zero-order valence-corrected chi connectivity index (χ0v) is 16.9. The molecule has 0 saturated carbocycles. The van der Waals surface area contributed by atoms with E-state index in [9.17, 15) is 9.59 Å². The molecule has 9 heteroatoms. The van der Waals surface area contributed by atoms with Gasteiger partial charge in [0.25, 0.3) is 0 Å². The number of aromatic nitrogens is 4. The van der Waals surface area contributed by atoms with Crippen molar-refractivity contribution in [2.75, 3.05) is 17.6 Å². The van der Waals surface area contributed by atoms with Crippen molar-refractivity contribution in [1.29, 1.82) is 0 Å². The smallest absolute Gasteiger partial charge is 0.245 e. The molecule has 0 unspecified atom stereocenters. The first-order valence-corrected chi connectivity index (χ1v) is 9.89. The summed E-state index contributed by atoms with van der Waals surface area (Å²) in [5.74, 6) is 0.873. The van der Waals surface area contributed by atoms with Gasteiger partial charge < -0.3 is 20.5 Å². The van der Waals surface area contributed by atoms with E-state index in [0.717, 1.165) is 16.9 Å². The number of benzene rings is 1. The van der Waals surface area contributed by atoms with E-state index in [4.69, 9.17) is 5.73 Å². The molecule has 0 aliphatic carbocycles. The first kappa shape index (κ1) is 18.4. The molecule has 1 spiro atoms. The van der Waals surface area contributed by atoms with Gasteiger partial charge in [0, 0.05) is 37.7 Å². The SMILES string of the molecule is Cc1cc(N)n(CC(=O)N2CC[C@]3(C(=O)Nc4ccccc43)[C@@H]2c2nccn2C)n1. The molecule has 5 rings (SSSR count). The largest absolute Gasteiger partial charge is 0.384 e. The number of imidazole rings is 1. The maximum absolute atomic E-state index is 13.4. The van der Waals surface area contributed by atoms with Crippen LogP contribution in [0.5, 0.6) is 0 Å². The van der Waals surface area contributed by atoms with E-state index in [-0.39, 0.29) is 18.4 Å². The van der Waals surface area contributed by atoms with Crippen molar-refractivity contribution in [2.24, 2.45) is 7.05 Å². The molecule has 30 heavy (non-hydrogen) atoms. The van der Waals surface area contributed by atoms with Gasteiger partial charge in [0.1, 0.15) is 29.6 Å². The number of nitrogens with zero attached hydrogens (tertiary/aromatic N) is 5. The van der Waals surface area contributed by atoms with Crippen LogP contribution in [0.1, 0.15) is 29.5 Å². The molecule has 4 heterocycles. The second kappa shape index (κ2) is 6.45. The van der Waals surface area contributed by atoms with Gasteiger partial charge >= 0.3 is 0 Å². The standard InChI is InChI=1S/C21H23N7O2/c1-13-11-16(22)28(25-13)12-17(29)27-9-7-21(18(27)19-23-8-10-26(19)2)14-5-3-4-6-15(14)24-20(21)30/h3-6,8,10-11,18H,7,9,12,22H2,1-2H3,(H,24,30)/t18-,21+/m0/s1. The fourth-order valence-electron chi connectivity index (χ4n) is 4.87. The summed E-state index contributed by atoms with van der Waals surface area (Å²) in [6.07, 6.45) is 4.04. The second-order valence-corrected chi connectivity index (χ2v) is 7.98. The Hall–Kier alpha value is -3.62. The Bertz CT molecular complexity index is 1160. The van der Waals surface area contributed by atoms with Crippen molar-refractivity contribution in [1.82, 2.24) is 24.2 Å². The van der Waals surface area contributed by atoms with E-state index in [2.05, 4.69) is 15.4 Å². The molecule has 3 aromatic rings. The van der Waals surface area contributed by atoms with Gasteiger partial charge in [-0.1, -0.05) is 18.2 Å². The minimum absolute atomic E-state index is 0.0138. The molecular weight excluding hydrogens is 382 g/mol. The molecule has 154 valence electrons. The number of para-hydroxylation sites is 1. The van der Waals surface area contributed by atoms with Crippen molar-refractivity contribution < 1.29 is 9.59 Å². The summed E-state index contributed by atoms with van der Waals surface area (Å²) in [5.41, 5.74) is 7.57. The van der Waals surface area contributed by atoms with E-state index >= 15 is 0 Å². The lowest BCUT2D eigenvalue weighted by Crippen LogP contribution is -2.44. The Morgan fingerprint density at radius 3 is 2.87 bits per heavy atom. The van der Waals surface area contributed by atoms with Crippen LogP contribution in [0.15, 0.2) is 42.7 Å². The van der Waals surface area contributed by atoms with E-state index in [1.165, 1.54) is 4.68 Å². The molecule has 0 bridgehead atoms. The highest BCUT2D eigenvalue weighted by molar-refractivity contribution is 6.07. The Morgan fingerprint density at radius 1 is 1.37 bits per heavy atom. The first-order chi connectivity index (χ1) is 14.4. The number of nitrogens with one attached hydrogen (secondary N) is 1. The number of carbonyl (C=O) groups is 2. The minimum Gasteiger partial charge on any atom is -0.384 e. The van der Waals surface area contributed by atoms with Crippen LogP contribution in [-0.2, 0) is 28.6 Å². The van der Waals surface area contributed by atoms with Crippen molar-refractivity contribution >= 4 is 23.3 Å². The predicted molar refractivity (Wildman–Crippen MR) is 110 cm³/mol. The van der Waals surface area contributed by atoms with Crippen LogP contribution in [0.4, 0.5) is 11.5 Å². The molecule has 1 saturated heterocycles. The van der Waals surface area contributed by atoms with Gasteiger partial charge in [0.2, 0.25) is 11.8 Å². The van der Waals surface area contributed by atoms with Crippen LogP contribution in [0.25, 0.3) is 0 Å². The number of carbonyl (C=O) groups excluding carboxylic acids is 2. The Morgan fingerprint density at radius 2 is 2.17 bits per heavy atom. The highest BCUT2D eigenvalue weighted by Crippen LogP contribution is 2.54. The Balaban J connectivity index is 1.60. The van der Waals surface area contributed by atoms with Crippen LogP contribution in [0, 0.1) is 6.92 Å². The van der Waals surface area contributed by atoms with Crippen LogP contribution in [0.3, 0.4) is 0 Å². The number of hydrogen-bond acceptors (Lipinski definition) is 5. The highest BCUT2D eigenvalue weighted by Gasteiger charge is 2.60. The third kappa shape index (κ3) is 2.47. The van der Waals surface area contributed by atoms with Crippen LogP contribution in [-0.4, -0.2) is 42.6 Å². The molecule has 2 aliphatic heterocycles. The summed E-state index contributed by atoms with van der Waals surface area (Å²) >= 11 is 0. The van der Waals surface area contributed by atoms with Gasteiger partial charge in [-0.3, -0.25) is 9.59 Å². The second-order valence-electron chi connectivity index (χ2n) is 7.98. The van der Waals surface area contributed by atoms with Crippen LogP contribution in [0.2, 0.25) is 0 Å². The van der Waals surface area contributed by atoms with Crippen molar-refractivity contribution in [3.05, 3.63) is 59.8 Å². The number of anilines is 2. The topological polar surface area (TPSA) is 111 Å². The summed E-state index contributed by atoms with van der Waals surface area (Å²) in [6, 6.07) is 8.89. The molecule has 3 N–H and O–H groups in total. The zero-order valence-electron chi connectivity index (χ0n) is 16.9. The third-order valence-electron chi connectivity index (χ3n) is 6.23. The fraction of sp³-hybridized carbons (Fsp3) is 0.333. The molecule has 2 aliphatic rings. The fourth-order valence-corrected chi connectivity index (χ4v) is 4.87. The molecule has 1 fully saturated rings. The average molecular weight is 405 g/mol. The first-order valence-electron chi connectivity index (χ1n) is 9.89. The van der Waals surface area contributed by atoms with Crippen molar-refractivity contribution in [3.8, 4) is 0 Å².